The van der Waals surface area contributed by atoms with Crippen LogP contribution in [0.3, 0.4) is 0 Å². The Balaban J connectivity index is 0.00000324. The molecule has 0 spiro atoms. The Labute approximate surface area is 135 Å². The van der Waals surface area contributed by atoms with Crippen LogP contribution in [-0.4, -0.2) is 43.6 Å². The van der Waals surface area contributed by atoms with E-state index in [9.17, 15) is 18.1 Å². The molecule has 1 rings (SSSR count). The van der Waals surface area contributed by atoms with Crippen LogP contribution in [0.15, 0.2) is 18.2 Å². The topological polar surface area (TPSA) is 98.7 Å². The van der Waals surface area contributed by atoms with Crippen molar-refractivity contribution in [3.05, 3.63) is 23.8 Å². The second kappa shape index (κ2) is 8.08. The summed E-state index contributed by atoms with van der Waals surface area (Å²) in [5.41, 5.74) is 1.56. The zero-order valence-corrected chi connectivity index (χ0v) is 14.0. The third kappa shape index (κ3) is 6.60. The summed E-state index contributed by atoms with van der Waals surface area (Å²) >= 11 is 0. The minimum Gasteiger partial charge on any atom is -0.748 e. The summed E-state index contributed by atoms with van der Waals surface area (Å²) in [6.07, 6.45) is -1.24. The molecule has 2 N–H and O–H groups in total. The average Bonchev–Trinajstić information content (AvgIpc) is 2.25. The van der Waals surface area contributed by atoms with E-state index in [4.69, 9.17) is 4.74 Å². The summed E-state index contributed by atoms with van der Waals surface area (Å²) in [6.45, 7) is 1.81. The number of ether oxygens (including phenoxy) is 1. The SMILES string of the molecule is COc1cccc(NCC(O)CS(=O)(=O)[O-])c1C.[Na+]. The maximum Gasteiger partial charge on any atom is 1.00 e. The van der Waals surface area contributed by atoms with Gasteiger partial charge in [0.2, 0.25) is 0 Å². The molecular formula is C11H16NNaO5S. The minimum atomic E-state index is -4.42. The summed E-state index contributed by atoms with van der Waals surface area (Å²) in [6, 6.07) is 5.33. The Kier molecular flexibility index (Phi) is 7.95. The first-order chi connectivity index (χ1) is 8.33. The van der Waals surface area contributed by atoms with Crippen molar-refractivity contribution in [2.45, 2.75) is 13.0 Å². The molecule has 0 aliphatic rings. The maximum atomic E-state index is 10.5. The molecule has 0 saturated heterocycles. The molecule has 19 heavy (non-hydrogen) atoms. The van der Waals surface area contributed by atoms with Gasteiger partial charge >= 0.3 is 29.6 Å². The molecule has 102 valence electrons. The molecule has 0 fully saturated rings. The smallest absolute Gasteiger partial charge is 0.748 e. The van der Waals surface area contributed by atoms with Gasteiger partial charge in [0.15, 0.2) is 0 Å². The first-order valence-electron chi connectivity index (χ1n) is 5.32. The Morgan fingerprint density at radius 3 is 2.63 bits per heavy atom. The van der Waals surface area contributed by atoms with Gasteiger partial charge in [0.1, 0.15) is 5.75 Å². The predicted octanol–water partition coefficient (Wildman–Crippen LogP) is -2.67. The van der Waals surface area contributed by atoms with E-state index in [1.54, 1.807) is 25.3 Å². The Hall–Kier alpha value is -0.310. The summed E-state index contributed by atoms with van der Waals surface area (Å²) in [4.78, 5) is 0. The second-order valence-electron chi connectivity index (χ2n) is 3.89. The van der Waals surface area contributed by atoms with E-state index in [-0.39, 0.29) is 36.1 Å². The van der Waals surface area contributed by atoms with Crippen LogP contribution in [0.4, 0.5) is 5.69 Å². The normalized spacial score (nSPS) is 12.4. The predicted molar refractivity (Wildman–Crippen MR) is 66.8 cm³/mol. The molecule has 0 aliphatic carbocycles. The molecule has 8 heteroatoms. The van der Waals surface area contributed by atoms with Crippen LogP contribution in [-0.2, 0) is 10.1 Å². The van der Waals surface area contributed by atoms with Crippen LogP contribution >= 0.6 is 0 Å². The molecule has 0 amide bonds. The second-order valence-corrected chi connectivity index (χ2v) is 5.34. The van der Waals surface area contributed by atoms with Gasteiger partial charge in [-0.05, 0) is 19.1 Å². The number of nitrogens with one attached hydrogen (secondary N) is 1. The molecule has 0 aromatic heterocycles. The first-order valence-corrected chi connectivity index (χ1v) is 6.90. The minimum absolute atomic E-state index is 0. The van der Waals surface area contributed by atoms with E-state index in [0.29, 0.717) is 5.75 Å². The van der Waals surface area contributed by atoms with Gasteiger partial charge in [-0.3, -0.25) is 0 Å². The number of methoxy groups -OCH3 is 1. The van der Waals surface area contributed by atoms with Crippen molar-refractivity contribution in [3.63, 3.8) is 0 Å². The zero-order valence-electron chi connectivity index (χ0n) is 11.2. The number of aliphatic hydroxyl groups is 1. The van der Waals surface area contributed by atoms with Crippen LogP contribution in [0.2, 0.25) is 0 Å². The molecule has 0 radical (unpaired) electrons. The van der Waals surface area contributed by atoms with Crippen molar-refractivity contribution in [1.82, 2.24) is 0 Å². The monoisotopic (exact) mass is 297 g/mol. The maximum absolute atomic E-state index is 10.5. The van der Waals surface area contributed by atoms with Crippen LogP contribution in [0.1, 0.15) is 5.56 Å². The van der Waals surface area contributed by atoms with E-state index in [1.807, 2.05) is 6.92 Å². The quantitative estimate of drug-likeness (QED) is 0.439. The van der Waals surface area contributed by atoms with Crippen LogP contribution < -0.4 is 39.6 Å². The number of hydrogen-bond acceptors (Lipinski definition) is 6. The molecule has 0 aliphatic heterocycles. The van der Waals surface area contributed by atoms with E-state index < -0.39 is 22.0 Å². The standard InChI is InChI=1S/C11H17NO5S.Na/c1-8-10(4-3-5-11(8)17-2)12-6-9(13)7-18(14,15)16;/h3-5,9,12-13H,6-7H2,1-2H3,(H,14,15,16);/q;+1/p-1. The molecule has 0 heterocycles. The molecule has 0 saturated carbocycles. The number of rotatable bonds is 6. The molecular weight excluding hydrogens is 281 g/mol. The number of aliphatic hydroxyl groups excluding tert-OH is 1. The van der Waals surface area contributed by atoms with Gasteiger partial charge in [0.25, 0.3) is 0 Å². The van der Waals surface area contributed by atoms with Gasteiger partial charge in [-0.1, -0.05) is 6.07 Å². The first kappa shape index (κ1) is 18.7. The fourth-order valence-electron chi connectivity index (χ4n) is 1.55. The van der Waals surface area contributed by atoms with Crippen molar-refractivity contribution in [2.24, 2.45) is 0 Å². The van der Waals surface area contributed by atoms with Crippen molar-refractivity contribution in [2.75, 3.05) is 24.7 Å². The van der Waals surface area contributed by atoms with Crippen molar-refractivity contribution in [1.29, 1.82) is 0 Å². The molecule has 6 nitrogen and oxygen atoms in total. The van der Waals surface area contributed by atoms with Gasteiger partial charge in [-0.15, -0.1) is 0 Å². The fraction of sp³-hybridized carbons (Fsp3) is 0.455. The Morgan fingerprint density at radius 2 is 2.11 bits per heavy atom. The van der Waals surface area contributed by atoms with E-state index >= 15 is 0 Å². The van der Waals surface area contributed by atoms with Crippen molar-refractivity contribution >= 4 is 15.8 Å². The van der Waals surface area contributed by atoms with Crippen LogP contribution in [0.25, 0.3) is 0 Å². The van der Waals surface area contributed by atoms with Crippen LogP contribution in [0, 0.1) is 6.92 Å². The van der Waals surface area contributed by atoms with Crippen LogP contribution in [0.5, 0.6) is 5.75 Å². The average molecular weight is 297 g/mol. The van der Waals surface area contributed by atoms with E-state index in [1.165, 1.54) is 0 Å². The van der Waals surface area contributed by atoms with Gasteiger partial charge in [0, 0.05) is 17.8 Å². The largest absolute Gasteiger partial charge is 1.00 e. The third-order valence-electron chi connectivity index (χ3n) is 2.43. The number of anilines is 1. The molecule has 0 bridgehead atoms. The van der Waals surface area contributed by atoms with E-state index in [2.05, 4.69) is 5.32 Å². The van der Waals surface area contributed by atoms with E-state index in [0.717, 1.165) is 11.3 Å². The number of benzene rings is 1. The molecule has 1 atom stereocenters. The van der Waals surface area contributed by atoms with Gasteiger partial charge in [-0.2, -0.15) is 0 Å². The zero-order chi connectivity index (χ0) is 13.8. The van der Waals surface area contributed by atoms with Crippen molar-refractivity contribution in [3.8, 4) is 5.75 Å². The molecule has 1 aromatic rings. The van der Waals surface area contributed by atoms with Crippen molar-refractivity contribution < 1.29 is 52.4 Å². The molecule has 1 aromatic carbocycles. The Morgan fingerprint density at radius 1 is 1.47 bits per heavy atom. The molecule has 1 unspecified atom stereocenters. The fourth-order valence-corrected chi connectivity index (χ4v) is 2.14. The summed E-state index contributed by atoms with van der Waals surface area (Å²) in [5.74, 6) is -0.117. The summed E-state index contributed by atoms with van der Waals surface area (Å²) in [7, 11) is -2.87. The van der Waals surface area contributed by atoms with Gasteiger partial charge in [0.05, 0.1) is 29.1 Å². The van der Waals surface area contributed by atoms with Gasteiger partial charge in [-0.25, -0.2) is 8.42 Å². The van der Waals surface area contributed by atoms with Gasteiger partial charge < -0.3 is 19.7 Å². The summed E-state index contributed by atoms with van der Waals surface area (Å²) in [5, 5.41) is 12.3. The summed E-state index contributed by atoms with van der Waals surface area (Å²) < 4.78 is 36.5. The number of hydrogen-bond donors (Lipinski definition) is 2. The Bertz CT molecular complexity index is 506. The third-order valence-corrected chi connectivity index (χ3v) is 3.22.